The van der Waals surface area contributed by atoms with Gasteiger partial charge in [0.25, 0.3) is 0 Å². The van der Waals surface area contributed by atoms with Gasteiger partial charge in [-0.1, -0.05) is 6.92 Å². The number of carbonyl (C=O) groups excluding carboxylic acids is 1. The van der Waals surface area contributed by atoms with Gasteiger partial charge < -0.3 is 5.32 Å². The monoisotopic (exact) mass is 245 g/mol. The molecule has 0 bridgehead atoms. The Bertz CT molecular complexity index is 327. The molecule has 1 amide bonds. The van der Waals surface area contributed by atoms with E-state index in [-0.39, 0.29) is 11.7 Å². The third-order valence-corrected chi connectivity index (χ3v) is 2.22. The Kier molecular flexibility index (Phi) is 3.42. The molecule has 0 saturated heterocycles. The molecular weight excluding hydrogens is 237 g/mol. The summed E-state index contributed by atoms with van der Waals surface area (Å²) >= 11 is 3.21. The van der Waals surface area contributed by atoms with Gasteiger partial charge in [0.15, 0.2) is 0 Å². The quantitative estimate of drug-likeness (QED) is 0.853. The van der Waals surface area contributed by atoms with E-state index in [1.165, 1.54) is 12.1 Å². The summed E-state index contributed by atoms with van der Waals surface area (Å²) in [6, 6.07) is 4.16. The highest BCUT2D eigenvalue weighted by molar-refractivity contribution is 9.10. The minimum atomic E-state index is -0.366. The van der Waals surface area contributed by atoms with Crippen molar-refractivity contribution in [3.05, 3.63) is 28.5 Å². The highest BCUT2D eigenvalue weighted by atomic mass is 79.9. The van der Waals surface area contributed by atoms with Crippen molar-refractivity contribution >= 4 is 27.5 Å². The first-order valence-corrected chi connectivity index (χ1v) is 4.67. The van der Waals surface area contributed by atoms with Crippen LogP contribution in [0.15, 0.2) is 22.7 Å². The van der Waals surface area contributed by atoms with E-state index in [2.05, 4.69) is 21.2 Å². The number of halogens is 2. The summed E-state index contributed by atoms with van der Waals surface area (Å²) in [5.41, 5.74) is 0.465. The average molecular weight is 246 g/mol. The first-order valence-electron chi connectivity index (χ1n) is 3.88. The lowest BCUT2D eigenvalue weighted by Gasteiger charge is -2.05. The SMILES string of the molecule is CCC(=O)Nc1cc(F)ccc1Br. The molecule has 0 radical (unpaired) electrons. The summed E-state index contributed by atoms with van der Waals surface area (Å²) in [6.45, 7) is 1.74. The molecule has 0 spiro atoms. The van der Waals surface area contributed by atoms with Crippen LogP contribution in [0.5, 0.6) is 0 Å². The van der Waals surface area contributed by atoms with Crippen LogP contribution < -0.4 is 5.32 Å². The molecule has 2 nitrogen and oxygen atoms in total. The largest absolute Gasteiger partial charge is 0.325 e. The molecule has 1 N–H and O–H groups in total. The van der Waals surface area contributed by atoms with Crippen LogP contribution in [0.2, 0.25) is 0 Å². The zero-order valence-electron chi connectivity index (χ0n) is 7.10. The summed E-state index contributed by atoms with van der Waals surface area (Å²) in [4.78, 5) is 11.0. The minimum absolute atomic E-state index is 0.133. The van der Waals surface area contributed by atoms with Crippen molar-refractivity contribution in [2.24, 2.45) is 0 Å². The number of rotatable bonds is 2. The smallest absolute Gasteiger partial charge is 0.224 e. The molecule has 0 aliphatic rings. The van der Waals surface area contributed by atoms with Crippen molar-refractivity contribution in [2.75, 3.05) is 5.32 Å². The Labute approximate surface area is 84.3 Å². The number of benzene rings is 1. The Morgan fingerprint density at radius 3 is 2.92 bits per heavy atom. The molecule has 0 aliphatic heterocycles. The first-order chi connectivity index (χ1) is 6.13. The maximum Gasteiger partial charge on any atom is 0.224 e. The van der Waals surface area contributed by atoms with Gasteiger partial charge in [-0.3, -0.25) is 4.79 Å². The number of amides is 1. The molecule has 0 unspecified atom stereocenters. The number of hydrogen-bond donors (Lipinski definition) is 1. The van der Waals surface area contributed by atoms with Gasteiger partial charge in [-0.25, -0.2) is 4.39 Å². The van der Waals surface area contributed by atoms with Crippen molar-refractivity contribution in [3.63, 3.8) is 0 Å². The van der Waals surface area contributed by atoms with Gasteiger partial charge in [0.1, 0.15) is 5.82 Å². The van der Waals surface area contributed by atoms with Crippen molar-refractivity contribution in [1.29, 1.82) is 0 Å². The second kappa shape index (κ2) is 4.37. The molecule has 1 aromatic carbocycles. The van der Waals surface area contributed by atoms with Crippen LogP contribution in [0.4, 0.5) is 10.1 Å². The molecular formula is C9H9BrFNO. The summed E-state index contributed by atoms with van der Waals surface area (Å²) in [7, 11) is 0. The molecule has 0 heterocycles. The van der Waals surface area contributed by atoms with Crippen molar-refractivity contribution < 1.29 is 9.18 Å². The van der Waals surface area contributed by atoms with Crippen LogP contribution in [0, 0.1) is 5.82 Å². The van der Waals surface area contributed by atoms with Crippen LogP contribution >= 0.6 is 15.9 Å². The number of carbonyl (C=O) groups is 1. The number of anilines is 1. The molecule has 0 atom stereocenters. The lowest BCUT2D eigenvalue weighted by Crippen LogP contribution is -2.09. The third kappa shape index (κ3) is 2.81. The van der Waals surface area contributed by atoms with Gasteiger partial charge in [-0.15, -0.1) is 0 Å². The maximum absolute atomic E-state index is 12.7. The van der Waals surface area contributed by atoms with E-state index in [1.54, 1.807) is 13.0 Å². The van der Waals surface area contributed by atoms with E-state index >= 15 is 0 Å². The van der Waals surface area contributed by atoms with Crippen molar-refractivity contribution in [2.45, 2.75) is 13.3 Å². The van der Waals surface area contributed by atoms with E-state index in [9.17, 15) is 9.18 Å². The fraction of sp³-hybridized carbons (Fsp3) is 0.222. The first kappa shape index (κ1) is 10.2. The molecule has 13 heavy (non-hydrogen) atoms. The van der Waals surface area contributed by atoms with Gasteiger partial charge in [-0.05, 0) is 34.1 Å². The number of nitrogens with one attached hydrogen (secondary N) is 1. The van der Waals surface area contributed by atoms with E-state index in [0.29, 0.717) is 16.6 Å². The standard InChI is InChI=1S/C9H9BrFNO/c1-2-9(13)12-8-5-6(11)3-4-7(8)10/h3-5H,2H2,1H3,(H,12,13). The Hall–Kier alpha value is -0.900. The Morgan fingerprint density at radius 1 is 1.62 bits per heavy atom. The van der Waals surface area contributed by atoms with Crippen LogP contribution in [0.3, 0.4) is 0 Å². The minimum Gasteiger partial charge on any atom is -0.325 e. The molecule has 70 valence electrons. The van der Waals surface area contributed by atoms with Crippen molar-refractivity contribution in [1.82, 2.24) is 0 Å². The summed E-state index contributed by atoms with van der Waals surface area (Å²) < 4.78 is 13.4. The Morgan fingerprint density at radius 2 is 2.31 bits per heavy atom. The number of hydrogen-bond acceptors (Lipinski definition) is 1. The van der Waals surface area contributed by atoms with Gasteiger partial charge >= 0.3 is 0 Å². The molecule has 4 heteroatoms. The highest BCUT2D eigenvalue weighted by Gasteiger charge is 2.04. The van der Waals surface area contributed by atoms with Crippen LogP contribution in [0.25, 0.3) is 0 Å². The molecule has 0 fully saturated rings. The van der Waals surface area contributed by atoms with E-state index in [0.717, 1.165) is 0 Å². The highest BCUT2D eigenvalue weighted by Crippen LogP contribution is 2.22. The third-order valence-electron chi connectivity index (χ3n) is 1.52. The molecule has 1 aromatic rings. The normalized spacial score (nSPS) is 9.77. The van der Waals surface area contributed by atoms with Crippen LogP contribution in [-0.2, 0) is 4.79 Å². The second-order valence-electron chi connectivity index (χ2n) is 2.53. The second-order valence-corrected chi connectivity index (χ2v) is 3.38. The average Bonchev–Trinajstić information content (AvgIpc) is 2.11. The summed E-state index contributed by atoms with van der Waals surface area (Å²) in [5, 5.41) is 2.57. The van der Waals surface area contributed by atoms with E-state index < -0.39 is 0 Å². The molecule has 0 saturated carbocycles. The summed E-state index contributed by atoms with van der Waals surface area (Å²) in [5.74, 6) is -0.499. The van der Waals surface area contributed by atoms with Crippen LogP contribution in [-0.4, -0.2) is 5.91 Å². The Balaban J connectivity index is 2.87. The molecule has 0 aliphatic carbocycles. The van der Waals surface area contributed by atoms with Gasteiger partial charge in [0.2, 0.25) is 5.91 Å². The molecule has 0 aromatic heterocycles. The summed E-state index contributed by atoms with van der Waals surface area (Å²) in [6.07, 6.45) is 0.378. The lowest BCUT2D eigenvalue weighted by molar-refractivity contribution is -0.115. The van der Waals surface area contributed by atoms with Gasteiger partial charge in [0, 0.05) is 10.9 Å². The fourth-order valence-electron chi connectivity index (χ4n) is 0.832. The zero-order valence-corrected chi connectivity index (χ0v) is 8.69. The van der Waals surface area contributed by atoms with Crippen LogP contribution in [0.1, 0.15) is 13.3 Å². The predicted octanol–water partition coefficient (Wildman–Crippen LogP) is 2.94. The lowest BCUT2D eigenvalue weighted by atomic mass is 10.3. The van der Waals surface area contributed by atoms with Gasteiger partial charge in [0.05, 0.1) is 5.69 Å². The van der Waals surface area contributed by atoms with E-state index in [1.807, 2.05) is 0 Å². The topological polar surface area (TPSA) is 29.1 Å². The fourth-order valence-corrected chi connectivity index (χ4v) is 1.18. The van der Waals surface area contributed by atoms with Crippen molar-refractivity contribution in [3.8, 4) is 0 Å². The molecule has 1 rings (SSSR count). The zero-order chi connectivity index (χ0) is 9.84. The predicted molar refractivity (Wildman–Crippen MR) is 53.0 cm³/mol. The maximum atomic E-state index is 12.7. The van der Waals surface area contributed by atoms with E-state index in [4.69, 9.17) is 0 Å². The van der Waals surface area contributed by atoms with Gasteiger partial charge in [-0.2, -0.15) is 0 Å².